The van der Waals surface area contributed by atoms with Crippen molar-refractivity contribution in [1.82, 2.24) is 14.9 Å². The number of imidazole rings is 1. The Kier molecular flexibility index (Phi) is 5.08. The summed E-state index contributed by atoms with van der Waals surface area (Å²) in [5.41, 5.74) is 2.33. The van der Waals surface area contributed by atoms with E-state index in [-0.39, 0.29) is 0 Å². The van der Waals surface area contributed by atoms with Crippen LogP contribution in [0.15, 0.2) is 24.3 Å². The van der Waals surface area contributed by atoms with Crippen molar-refractivity contribution >= 4 is 22.8 Å². The van der Waals surface area contributed by atoms with Crippen molar-refractivity contribution in [3.8, 4) is 0 Å². The number of para-hydroxylation sites is 2. The second-order valence-electron chi connectivity index (χ2n) is 4.40. The number of fused-ring (bicyclic) bond motifs is 1. The van der Waals surface area contributed by atoms with Gasteiger partial charge in [-0.3, -0.25) is 0 Å². The molecule has 1 heterocycles. The fourth-order valence-corrected chi connectivity index (χ4v) is 2.57. The van der Waals surface area contributed by atoms with E-state index in [1.807, 2.05) is 17.8 Å². The van der Waals surface area contributed by atoms with Crippen LogP contribution in [0, 0.1) is 6.92 Å². The highest BCUT2D eigenvalue weighted by Gasteiger charge is 2.05. The van der Waals surface area contributed by atoms with Crippen molar-refractivity contribution < 1.29 is 0 Å². The van der Waals surface area contributed by atoms with Crippen LogP contribution in [-0.2, 0) is 6.54 Å². The second kappa shape index (κ2) is 6.81. The molecule has 0 atom stereocenters. The number of thioether (sulfide) groups is 1. The second-order valence-corrected chi connectivity index (χ2v) is 5.38. The van der Waals surface area contributed by atoms with Gasteiger partial charge < -0.3 is 9.88 Å². The Bertz CT molecular complexity index is 493. The average molecular weight is 263 g/mol. The first-order chi connectivity index (χ1) is 8.83. The van der Waals surface area contributed by atoms with Crippen LogP contribution in [0.2, 0.25) is 0 Å². The van der Waals surface area contributed by atoms with Crippen molar-refractivity contribution in [3.05, 3.63) is 30.1 Å². The fraction of sp³-hybridized carbons (Fsp3) is 0.500. The number of nitrogens with zero attached hydrogens (tertiary/aromatic N) is 2. The predicted octanol–water partition coefficient (Wildman–Crippen LogP) is 2.69. The molecule has 0 saturated heterocycles. The fourth-order valence-electron chi connectivity index (χ4n) is 2.14. The molecule has 3 nitrogen and oxygen atoms in total. The average Bonchev–Trinajstić information content (AvgIpc) is 2.70. The van der Waals surface area contributed by atoms with Crippen molar-refractivity contribution in [3.63, 3.8) is 0 Å². The Morgan fingerprint density at radius 3 is 2.94 bits per heavy atom. The molecular weight excluding hydrogens is 242 g/mol. The first kappa shape index (κ1) is 13.4. The Hall–Kier alpha value is -1.00. The third-order valence-corrected chi connectivity index (χ3v) is 3.76. The van der Waals surface area contributed by atoms with Gasteiger partial charge in [0.15, 0.2) is 0 Å². The molecule has 18 heavy (non-hydrogen) atoms. The van der Waals surface area contributed by atoms with Crippen molar-refractivity contribution in [2.75, 3.05) is 25.1 Å². The smallest absolute Gasteiger partial charge is 0.106 e. The van der Waals surface area contributed by atoms with Crippen LogP contribution >= 0.6 is 11.8 Å². The number of nitrogens with one attached hydrogen (secondary N) is 1. The summed E-state index contributed by atoms with van der Waals surface area (Å²) in [6.07, 6.45) is 3.39. The molecule has 1 aromatic heterocycles. The van der Waals surface area contributed by atoms with Crippen molar-refractivity contribution in [1.29, 1.82) is 0 Å². The van der Waals surface area contributed by atoms with Crippen molar-refractivity contribution in [2.45, 2.75) is 19.9 Å². The van der Waals surface area contributed by atoms with Gasteiger partial charge in [0.1, 0.15) is 5.82 Å². The number of hydrogen-bond acceptors (Lipinski definition) is 3. The molecule has 0 radical (unpaired) electrons. The highest BCUT2D eigenvalue weighted by Crippen LogP contribution is 2.14. The van der Waals surface area contributed by atoms with Crippen LogP contribution in [0.4, 0.5) is 0 Å². The molecule has 0 saturated carbocycles. The number of hydrogen-bond donors (Lipinski definition) is 1. The zero-order valence-corrected chi connectivity index (χ0v) is 12.0. The van der Waals surface area contributed by atoms with Gasteiger partial charge in [-0.05, 0) is 44.0 Å². The van der Waals surface area contributed by atoms with Gasteiger partial charge in [-0.2, -0.15) is 11.8 Å². The predicted molar refractivity (Wildman–Crippen MR) is 80.3 cm³/mol. The van der Waals surface area contributed by atoms with Crippen LogP contribution in [-0.4, -0.2) is 34.6 Å². The Balaban J connectivity index is 1.89. The van der Waals surface area contributed by atoms with E-state index in [4.69, 9.17) is 0 Å². The SMILES string of the molecule is CSCCCNCCn1c(C)nc2ccccc21. The molecule has 0 bridgehead atoms. The standard InChI is InChI=1S/C14H21N3S/c1-12-16-13-6-3-4-7-14(13)17(12)10-9-15-8-5-11-18-2/h3-4,6-7,15H,5,8-11H2,1-2H3. The zero-order chi connectivity index (χ0) is 12.8. The molecule has 0 fully saturated rings. The maximum absolute atomic E-state index is 4.57. The molecular formula is C14H21N3S. The van der Waals surface area contributed by atoms with E-state index < -0.39 is 0 Å². The van der Waals surface area contributed by atoms with E-state index in [0.717, 1.165) is 31.0 Å². The molecule has 2 rings (SSSR count). The minimum Gasteiger partial charge on any atom is -0.327 e. The maximum Gasteiger partial charge on any atom is 0.106 e. The van der Waals surface area contributed by atoms with Crippen molar-refractivity contribution in [2.24, 2.45) is 0 Å². The van der Waals surface area contributed by atoms with Crippen LogP contribution in [0.1, 0.15) is 12.2 Å². The van der Waals surface area contributed by atoms with Gasteiger partial charge >= 0.3 is 0 Å². The summed E-state index contributed by atoms with van der Waals surface area (Å²) in [5, 5.41) is 3.49. The number of rotatable bonds is 7. The van der Waals surface area contributed by atoms with E-state index in [2.05, 4.69) is 46.2 Å². The molecule has 0 aliphatic carbocycles. The van der Waals surface area contributed by atoms with Gasteiger partial charge in [0.25, 0.3) is 0 Å². The Morgan fingerprint density at radius 1 is 1.28 bits per heavy atom. The Morgan fingerprint density at radius 2 is 2.11 bits per heavy atom. The lowest BCUT2D eigenvalue weighted by atomic mass is 10.3. The summed E-state index contributed by atoms with van der Waals surface area (Å²) in [7, 11) is 0. The first-order valence-electron chi connectivity index (χ1n) is 6.44. The molecule has 0 unspecified atom stereocenters. The summed E-state index contributed by atoms with van der Waals surface area (Å²) in [6, 6.07) is 8.33. The van der Waals surface area contributed by atoms with Crippen LogP contribution in [0.5, 0.6) is 0 Å². The molecule has 0 amide bonds. The highest BCUT2D eigenvalue weighted by molar-refractivity contribution is 7.98. The van der Waals surface area contributed by atoms with Gasteiger partial charge in [0, 0.05) is 13.1 Å². The quantitative estimate of drug-likeness (QED) is 0.779. The van der Waals surface area contributed by atoms with Gasteiger partial charge in [-0.1, -0.05) is 12.1 Å². The normalized spacial score (nSPS) is 11.2. The molecule has 1 aromatic carbocycles. The summed E-state index contributed by atoms with van der Waals surface area (Å²) < 4.78 is 2.29. The van der Waals surface area contributed by atoms with E-state index in [1.54, 1.807) is 0 Å². The first-order valence-corrected chi connectivity index (χ1v) is 7.84. The molecule has 0 aliphatic heterocycles. The molecule has 1 N–H and O–H groups in total. The maximum atomic E-state index is 4.57. The largest absolute Gasteiger partial charge is 0.327 e. The third kappa shape index (κ3) is 3.27. The number of benzene rings is 1. The van der Waals surface area contributed by atoms with Gasteiger partial charge in [0.2, 0.25) is 0 Å². The third-order valence-electron chi connectivity index (χ3n) is 3.06. The lowest BCUT2D eigenvalue weighted by Gasteiger charge is -2.08. The molecule has 2 aromatic rings. The van der Waals surface area contributed by atoms with Crippen LogP contribution in [0.25, 0.3) is 11.0 Å². The number of aromatic nitrogens is 2. The number of aryl methyl sites for hydroxylation is 1. The minimum atomic E-state index is 0.992. The summed E-state index contributed by atoms with van der Waals surface area (Å²) in [5.74, 6) is 2.34. The lowest BCUT2D eigenvalue weighted by Crippen LogP contribution is -2.21. The van der Waals surface area contributed by atoms with E-state index in [1.165, 1.54) is 17.7 Å². The minimum absolute atomic E-state index is 0.992. The molecule has 4 heteroatoms. The highest BCUT2D eigenvalue weighted by atomic mass is 32.2. The van der Waals surface area contributed by atoms with Gasteiger partial charge in [-0.15, -0.1) is 0 Å². The molecule has 0 spiro atoms. The van der Waals surface area contributed by atoms with E-state index in [0.29, 0.717) is 0 Å². The van der Waals surface area contributed by atoms with Gasteiger partial charge in [-0.25, -0.2) is 4.98 Å². The topological polar surface area (TPSA) is 29.9 Å². The van der Waals surface area contributed by atoms with E-state index in [9.17, 15) is 0 Å². The molecule has 0 aliphatic rings. The van der Waals surface area contributed by atoms with E-state index >= 15 is 0 Å². The lowest BCUT2D eigenvalue weighted by molar-refractivity contribution is 0.595. The summed E-state index contributed by atoms with van der Waals surface area (Å²) >= 11 is 1.91. The van der Waals surface area contributed by atoms with Crippen LogP contribution in [0.3, 0.4) is 0 Å². The summed E-state index contributed by atoms with van der Waals surface area (Å²) in [4.78, 5) is 4.57. The monoisotopic (exact) mass is 263 g/mol. The van der Waals surface area contributed by atoms with Crippen LogP contribution < -0.4 is 5.32 Å². The molecule has 98 valence electrons. The zero-order valence-electron chi connectivity index (χ0n) is 11.1. The summed E-state index contributed by atoms with van der Waals surface area (Å²) in [6.45, 7) is 5.18. The van der Waals surface area contributed by atoms with Gasteiger partial charge in [0.05, 0.1) is 11.0 Å². The Labute approximate surface area is 113 Å².